The molecule has 0 spiro atoms. The van der Waals surface area contributed by atoms with Crippen molar-refractivity contribution in [3.8, 4) is 11.8 Å². The first-order valence-corrected chi connectivity index (χ1v) is 4.86. The first-order chi connectivity index (χ1) is 6.20. The van der Waals surface area contributed by atoms with Crippen molar-refractivity contribution in [2.75, 3.05) is 7.11 Å². The summed E-state index contributed by atoms with van der Waals surface area (Å²) in [6, 6.07) is 7.33. The number of hydrogen-bond acceptors (Lipinski definition) is 2. The van der Waals surface area contributed by atoms with E-state index in [-0.39, 0.29) is 0 Å². The van der Waals surface area contributed by atoms with E-state index in [2.05, 4.69) is 15.9 Å². The average molecular weight is 261 g/mol. The van der Waals surface area contributed by atoms with E-state index in [1.165, 1.54) is 0 Å². The van der Waals surface area contributed by atoms with Gasteiger partial charge in [-0.3, -0.25) is 0 Å². The predicted octanol–water partition coefficient (Wildman–Crippen LogP) is 3.31. The molecule has 1 aromatic rings. The summed E-state index contributed by atoms with van der Waals surface area (Å²) in [7, 11) is 1.55. The van der Waals surface area contributed by atoms with Gasteiger partial charge >= 0.3 is 0 Å². The van der Waals surface area contributed by atoms with Gasteiger partial charge in [0.2, 0.25) is 0 Å². The number of hydrogen-bond donors (Lipinski definition) is 0. The lowest BCUT2D eigenvalue weighted by Gasteiger charge is -2.09. The Morgan fingerprint density at radius 2 is 2.31 bits per heavy atom. The summed E-state index contributed by atoms with van der Waals surface area (Å²) in [4.78, 5) is -0.434. The van der Waals surface area contributed by atoms with Crippen LogP contribution in [0.1, 0.15) is 10.4 Å². The smallest absolute Gasteiger partial charge is 0.131 e. The van der Waals surface area contributed by atoms with Gasteiger partial charge in [-0.15, -0.1) is 0 Å². The molecule has 1 rings (SSSR count). The van der Waals surface area contributed by atoms with Gasteiger partial charge in [-0.05, 0) is 12.1 Å². The molecule has 4 heteroatoms. The van der Waals surface area contributed by atoms with E-state index in [0.29, 0.717) is 16.3 Å². The second-order valence-corrected chi connectivity index (χ2v) is 3.67. The van der Waals surface area contributed by atoms with Gasteiger partial charge in [0.05, 0.1) is 13.2 Å². The van der Waals surface area contributed by atoms with Gasteiger partial charge in [0.1, 0.15) is 10.6 Å². The third-order valence-electron chi connectivity index (χ3n) is 1.60. The van der Waals surface area contributed by atoms with Crippen molar-refractivity contribution in [3.05, 3.63) is 28.8 Å². The Balaban J connectivity index is 3.24. The largest absolute Gasteiger partial charge is 0.496 e. The average Bonchev–Trinajstić information content (AvgIpc) is 2.16. The Hall–Kier alpha value is -0.720. The summed E-state index contributed by atoms with van der Waals surface area (Å²) in [6.07, 6.45) is 0. The van der Waals surface area contributed by atoms with E-state index < -0.39 is 4.83 Å². The van der Waals surface area contributed by atoms with E-state index in [1.807, 2.05) is 6.07 Å². The lowest BCUT2D eigenvalue weighted by molar-refractivity contribution is 0.411. The quantitative estimate of drug-likeness (QED) is 0.764. The second kappa shape index (κ2) is 4.50. The number of halogens is 2. The molecule has 0 bridgehead atoms. The summed E-state index contributed by atoms with van der Waals surface area (Å²) in [5.41, 5.74) is 0.675. The van der Waals surface area contributed by atoms with Gasteiger partial charge in [-0.1, -0.05) is 33.6 Å². The lowest BCUT2D eigenvalue weighted by Crippen LogP contribution is -1.94. The van der Waals surface area contributed by atoms with Crippen LogP contribution >= 0.6 is 27.5 Å². The molecule has 1 unspecified atom stereocenters. The van der Waals surface area contributed by atoms with Gasteiger partial charge < -0.3 is 4.74 Å². The van der Waals surface area contributed by atoms with Crippen molar-refractivity contribution >= 4 is 27.5 Å². The van der Waals surface area contributed by atoms with Crippen LogP contribution in [0.4, 0.5) is 0 Å². The molecule has 0 amide bonds. The Morgan fingerprint density at radius 1 is 1.62 bits per heavy atom. The molecule has 0 aliphatic carbocycles. The fourth-order valence-corrected chi connectivity index (χ4v) is 1.88. The highest BCUT2D eigenvalue weighted by Gasteiger charge is 2.15. The summed E-state index contributed by atoms with van der Waals surface area (Å²) in [6.45, 7) is 0. The van der Waals surface area contributed by atoms with Crippen LogP contribution in [0.15, 0.2) is 18.2 Å². The van der Waals surface area contributed by atoms with Crippen LogP contribution < -0.4 is 4.74 Å². The normalized spacial score (nSPS) is 11.8. The number of benzene rings is 1. The standard InChI is InChI=1S/C9H7BrClNO/c1-13-8-4-2-3-7(11)9(8)6(10)5-12/h2-4,6H,1H3. The molecule has 0 N–H and O–H groups in total. The minimum absolute atomic E-state index is 0.434. The summed E-state index contributed by atoms with van der Waals surface area (Å²) < 4.78 is 5.08. The molecule has 0 aromatic heterocycles. The SMILES string of the molecule is COc1cccc(Cl)c1C(Br)C#N. The predicted molar refractivity (Wildman–Crippen MR) is 55.3 cm³/mol. The third kappa shape index (κ3) is 2.15. The van der Waals surface area contributed by atoms with Crippen molar-refractivity contribution in [3.63, 3.8) is 0 Å². The topological polar surface area (TPSA) is 33.0 Å². The van der Waals surface area contributed by atoms with Crippen molar-refractivity contribution in [2.24, 2.45) is 0 Å². The zero-order valence-electron chi connectivity index (χ0n) is 6.92. The van der Waals surface area contributed by atoms with Crippen LogP contribution in [0.25, 0.3) is 0 Å². The minimum atomic E-state index is -0.434. The van der Waals surface area contributed by atoms with Gasteiger partial charge in [0.15, 0.2) is 0 Å². The molecule has 0 heterocycles. The Bertz CT molecular complexity index is 348. The maximum absolute atomic E-state index is 8.72. The van der Waals surface area contributed by atoms with Crippen LogP contribution in [-0.4, -0.2) is 7.11 Å². The zero-order valence-corrected chi connectivity index (χ0v) is 9.26. The monoisotopic (exact) mass is 259 g/mol. The maximum atomic E-state index is 8.72. The molecule has 1 atom stereocenters. The highest BCUT2D eigenvalue weighted by Crippen LogP contribution is 2.35. The Kier molecular flexibility index (Phi) is 3.58. The van der Waals surface area contributed by atoms with E-state index in [4.69, 9.17) is 21.6 Å². The van der Waals surface area contributed by atoms with Crippen LogP contribution in [0.2, 0.25) is 5.02 Å². The number of alkyl halides is 1. The summed E-state index contributed by atoms with van der Waals surface area (Å²) >= 11 is 9.12. The lowest BCUT2D eigenvalue weighted by atomic mass is 10.1. The zero-order chi connectivity index (χ0) is 9.84. The van der Waals surface area contributed by atoms with Crippen LogP contribution in [0, 0.1) is 11.3 Å². The van der Waals surface area contributed by atoms with Crippen LogP contribution in [-0.2, 0) is 0 Å². The molecule has 0 fully saturated rings. The van der Waals surface area contributed by atoms with E-state index in [9.17, 15) is 0 Å². The first-order valence-electron chi connectivity index (χ1n) is 3.56. The number of methoxy groups -OCH3 is 1. The second-order valence-electron chi connectivity index (χ2n) is 2.35. The molecular weight excluding hydrogens is 253 g/mol. The number of ether oxygens (including phenoxy) is 1. The van der Waals surface area contributed by atoms with E-state index in [1.54, 1.807) is 25.3 Å². The van der Waals surface area contributed by atoms with Crippen LogP contribution in [0.3, 0.4) is 0 Å². The molecular formula is C9H7BrClNO. The molecule has 0 radical (unpaired) electrons. The summed E-state index contributed by atoms with van der Waals surface area (Å²) in [5.74, 6) is 0.621. The molecule has 0 saturated heterocycles. The minimum Gasteiger partial charge on any atom is -0.496 e. The molecule has 2 nitrogen and oxygen atoms in total. The van der Waals surface area contributed by atoms with Gasteiger partial charge in [-0.25, -0.2) is 0 Å². The fraction of sp³-hybridized carbons (Fsp3) is 0.222. The molecule has 1 aromatic carbocycles. The third-order valence-corrected chi connectivity index (χ3v) is 2.59. The molecule has 68 valence electrons. The maximum Gasteiger partial charge on any atom is 0.131 e. The van der Waals surface area contributed by atoms with E-state index >= 15 is 0 Å². The molecule has 0 aliphatic heterocycles. The van der Waals surface area contributed by atoms with Crippen molar-refractivity contribution in [2.45, 2.75) is 4.83 Å². The Morgan fingerprint density at radius 3 is 2.85 bits per heavy atom. The van der Waals surface area contributed by atoms with Crippen molar-refractivity contribution in [1.82, 2.24) is 0 Å². The van der Waals surface area contributed by atoms with Gasteiger partial charge in [0, 0.05) is 10.6 Å². The molecule has 13 heavy (non-hydrogen) atoms. The van der Waals surface area contributed by atoms with Crippen LogP contribution in [0.5, 0.6) is 5.75 Å². The first kappa shape index (κ1) is 10.4. The Labute approximate surface area is 90.2 Å². The number of rotatable bonds is 2. The van der Waals surface area contributed by atoms with Crippen molar-refractivity contribution in [1.29, 1.82) is 5.26 Å². The fourth-order valence-electron chi connectivity index (χ4n) is 1.01. The highest BCUT2D eigenvalue weighted by atomic mass is 79.9. The molecule has 0 saturated carbocycles. The summed E-state index contributed by atoms with van der Waals surface area (Å²) in [5, 5.41) is 9.25. The van der Waals surface area contributed by atoms with Gasteiger partial charge in [-0.2, -0.15) is 5.26 Å². The molecule has 0 aliphatic rings. The number of nitrogens with zero attached hydrogens (tertiary/aromatic N) is 1. The van der Waals surface area contributed by atoms with Crippen molar-refractivity contribution < 1.29 is 4.74 Å². The van der Waals surface area contributed by atoms with E-state index in [0.717, 1.165) is 0 Å². The highest BCUT2D eigenvalue weighted by molar-refractivity contribution is 9.09. The van der Waals surface area contributed by atoms with Gasteiger partial charge in [0.25, 0.3) is 0 Å². The number of nitriles is 1.